The predicted molar refractivity (Wildman–Crippen MR) is 41.9 cm³/mol. The third-order valence-electron chi connectivity index (χ3n) is 1.61. The molecule has 4 heteroatoms. The number of fused-ring (bicyclic) bond motifs is 1. The number of hydrogen-bond acceptors (Lipinski definition) is 3. The molecule has 0 unspecified atom stereocenters. The second-order valence-electron chi connectivity index (χ2n) is 2.43. The first-order chi connectivity index (χ1) is 5.77. The van der Waals surface area contributed by atoms with Crippen molar-refractivity contribution in [2.24, 2.45) is 0 Å². The minimum Gasteiger partial charge on any atom is -0.872 e. The molecule has 0 radical (unpaired) electrons. The van der Waals surface area contributed by atoms with E-state index in [-0.39, 0.29) is 24.6 Å². The van der Waals surface area contributed by atoms with Crippen molar-refractivity contribution >= 4 is 11.0 Å². The van der Waals surface area contributed by atoms with Crippen molar-refractivity contribution in [1.29, 1.82) is 0 Å². The molecule has 0 amide bonds. The summed E-state index contributed by atoms with van der Waals surface area (Å²) in [5.41, 5.74) is -0.256. The van der Waals surface area contributed by atoms with Crippen LogP contribution in [0.1, 0.15) is 0 Å². The standard InChI is InChI=1S/C9H6O3.Li/c10-7-5-9(11)12-8-4-2-1-3-6(7)8;/h1-5,10H;/q;+1/p-1. The minimum absolute atomic E-state index is 0. The third kappa shape index (κ3) is 1.77. The average Bonchev–Trinajstić information content (AvgIpc) is 2.04. The van der Waals surface area contributed by atoms with Gasteiger partial charge in [-0.2, -0.15) is 0 Å². The number of hydrogen-bond donors (Lipinski definition) is 0. The summed E-state index contributed by atoms with van der Waals surface area (Å²) >= 11 is 0. The molecule has 0 aliphatic rings. The summed E-state index contributed by atoms with van der Waals surface area (Å²) in [6.45, 7) is 0. The Morgan fingerprint density at radius 3 is 2.69 bits per heavy atom. The molecule has 0 aliphatic carbocycles. The van der Waals surface area contributed by atoms with Gasteiger partial charge in [-0.1, -0.05) is 23.9 Å². The van der Waals surface area contributed by atoms with Gasteiger partial charge in [-0.25, -0.2) is 4.79 Å². The van der Waals surface area contributed by atoms with Crippen LogP contribution >= 0.6 is 0 Å². The van der Waals surface area contributed by atoms with E-state index >= 15 is 0 Å². The Balaban J connectivity index is 0.000000845. The number of rotatable bonds is 0. The summed E-state index contributed by atoms with van der Waals surface area (Å²) in [5.74, 6) is -0.290. The first kappa shape index (κ1) is 9.91. The summed E-state index contributed by atoms with van der Waals surface area (Å²) in [7, 11) is 0. The minimum atomic E-state index is -0.598. The third-order valence-corrected chi connectivity index (χ3v) is 1.61. The van der Waals surface area contributed by atoms with Crippen LogP contribution in [0, 0.1) is 0 Å². The Morgan fingerprint density at radius 2 is 1.92 bits per heavy atom. The Hall–Kier alpha value is -1.17. The fourth-order valence-corrected chi connectivity index (χ4v) is 1.08. The van der Waals surface area contributed by atoms with Gasteiger partial charge in [0.25, 0.3) is 0 Å². The fourth-order valence-electron chi connectivity index (χ4n) is 1.08. The van der Waals surface area contributed by atoms with Gasteiger partial charge in [-0.3, -0.25) is 0 Å². The molecule has 1 aromatic heterocycles. The van der Waals surface area contributed by atoms with Gasteiger partial charge in [0.2, 0.25) is 0 Å². The molecule has 0 bridgehead atoms. The van der Waals surface area contributed by atoms with Crippen molar-refractivity contribution in [3.05, 3.63) is 40.8 Å². The molecule has 0 N–H and O–H groups in total. The van der Waals surface area contributed by atoms with E-state index in [4.69, 9.17) is 4.42 Å². The second-order valence-corrected chi connectivity index (χ2v) is 2.43. The van der Waals surface area contributed by atoms with Crippen molar-refractivity contribution in [2.75, 3.05) is 0 Å². The van der Waals surface area contributed by atoms with Gasteiger partial charge >= 0.3 is 24.5 Å². The summed E-state index contributed by atoms with van der Waals surface area (Å²) in [6.07, 6.45) is 0. The molecular weight excluding hydrogens is 163 g/mol. The summed E-state index contributed by atoms with van der Waals surface area (Å²) < 4.78 is 4.79. The van der Waals surface area contributed by atoms with Crippen LogP contribution in [0.3, 0.4) is 0 Å². The van der Waals surface area contributed by atoms with Gasteiger partial charge in [-0.05, 0) is 6.07 Å². The van der Waals surface area contributed by atoms with Crippen molar-refractivity contribution in [3.63, 3.8) is 0 Å². The molecular formula is C9H5LiO3. The predicted octanol–water partition coefficient (Wildman–Crippen LogP) is -2.13. The molecule has 3 nitrogen and oxygen atoms in total. The zero-order valence-electron chi connectivity index (χ0n) is 7.11. The molecule has 2 rings (SSSR count). The van der Waals surface area contributed by atoms with E-state index in [0.717, 1.165) is 6.07 Å². The van der Waals surface area contributed by atoms with E-state index in [0.29, 0.717) is 11.0 Å². The van der Waals surface area contributed by atoms with Crippen LogP contribution in [-0.2, 0) is 0 Å². The maximum Gasteiger partial charge on any atom is 1.00 e. The summed E-state index contributed by atoms with van der Waals surface area (Å²) in [5, 5.41) is 11.6. The molecule has 0 spiro atoms. The summed E-state index contributed by atoms with van der Waals surface area (Å²) in [4.78, 5) is 10.7. The van der Waals surface area contributed by atoms with E-state index in [1.807, 2.05) is 0 Å². The monoisotopic (exact) mass is 168 g/mol. The van der Waals surface area contributed by atoms with Crippen LogP contribution in [0.5, 0.6) is 5.75 Å². The molecule has 0 fully saturated rings. The smallest absolute Gasteiger partial charge is 0.872 e. The van der Waals surface area contributed by atoms with E-state index < -0.39 is 5.63 Å². The molecule has 2 aromatic rings. The van der Waals surface area contributed by atoms with Crippen molar-refractivity contribution < 1.29 is 28.4 Å². The normalized spacial score (nSPS) is 9.54. The maximum absolute atomic E-state index is 11.1. The molecule has 13 heavy (non-hydrogen) atoms. The van der Waals surface area contributed by atoms with Gasteiger partial charge in [-0.15, -0.1) is 0 Å². The fraction of sp³-hybridized carbons (Fsp3) is 0. The molecule has 0 saturated heterocycles. The molecule has 0 saturated carbocycles. The number of para-hydroxylation sites is 1. The van der Waals surface area contributed by atoms with E-state index in [2.05, 4.69) is 0 Å². The molecule has 0 aliphatic heterocycles. The van der Waals surface area contributed by atoms with Gasteiger partial charge < -0.3 is 9.52 Å². The SMILES string of the molecule is O=c1cc([O-])c2ccccc2o1.[Li+]. The molecule has 1 heterocycles. The number of benzene rings is 1. The van der Waals surface area contributed by atoms with Crippen LogP contribution < -0.4 is 29.6 Å². The van der Waals surface area contributed by atoms with Gasteiger partial charge in [0.15, 0.2) is 0 Å². The van der Waals surface area contributed by atoms with E-state index in [9.17, 15) is 9.90 Å². The van der Waals surface area contributed by atoms with Crippen LogP contribution in [0.4, 0.5) is 0 Å². The van der Waals surface area contributed by atoms with Crippen LogP contribution in [0.15, 0.2) is 39.5 Å². The van der Waals surface area contributed by atoms with E-state index in [1.165, 1.54) is 0 Å². The largest absolute Gasteiger partial charge is 1.00 e. The Labute approximate surface area is 86.2 Å². The van der Waals surface area contributed by atoms with E-state index in [1.54, 1.807) is 24.3 Å². The first-order valence-electron chi connectivity index (χ1n) is 3.47. The molecule has 60 valence electrons. The van der Waals surface area contributed by atoms with Crippen LogP contribution in [0.2, 0.25) is 0 Å². The summed E-state index contributed by atoms with van der Waals surface area (Å²) in [6, 6.07) is 7.61. The topological polar surface area (TPSA) is 53.3 Å². The van der Waals surface area contributed by atoms with Crippen molar-refractivity contribution in [3.8, 4) is 5.75 Å². The Morgan fingerprint density at radius 1 is 1.23 bits per heavy atom. The molecule has 1 aromatic carbocycles. The zero-order chi connectivity index (χ0) is 8.55. The van der Waals surface area contributed by atoms with Crippen LogP contribution in [0.25, 0.3) is 11.0 Å². The molecule has 0 atom stereocenters. The quantitative estimate of drug-likeness (QED) is 0.333. The van der Waals surface area contributed by atoms with Crippen molar-refractivity contribution in [2.45, 2.75) is 0 Å². The first-order valence-corrected chi connectivity index (χ1v) is 3.47. The van der Waals surface area contributed by atoms with Gasteiger partial charge in [0.1, 0.15) is 5.58 Å². The van der Waals surface area contributed by atoms with Crippen molar-refractivity contribution in [1.82, 2.24) is 0 Å². The van der Waals surface area contributed by atoms with Gasteiger partial charge in [0, 0.05) is 11.5 Å². The van der Waals surface area contributed by atoms with Crippen LogP contribution in [-0.4, -0.2) is 0 Å². The Bertz CT molecular complexity index is 475. The maximum atomic E-state index is 11.1. The zero-order valence-corrected chi connectivity index (χ0v) is 7.11. The van der Waals surface area contributed by atoms with Gasteiger partial charge in [0.05, 0.1) is 0 Å². The second kappa shape index (κ2) is 3.69. The Kier molecular flexibility index (Phi) is 2.82. The average molecular weight is 168 g/mol.